The zero-order chi connectivity index (χ0) is 15.2. The quantitative estimate of drug-likeness (QED) is 0.858. The number of ether oxygens (including phenoxy) is 2. The van der Waals surface area contributed by atoms with Crippen LogP contribution in [0.4, 0.5) is 0 Å². The number of benzene rings is 1. The number of likely N-dealkylation sites (N-methyl/N-ethyl adjacent to an activating group) is 1. The van der Waals surface area contributed by atoms with Crippen molar-refractivity contribution in [2.45, 2.75) is 13.0 Å². The molecule has 1 unspecified atom stereocenters. The van der Waals surface area contributed by atoms with Crippen molar-refractivity contribution in [3.63, 3.8) is 0 Å². The molecule has 0 saturated carbocycles. The molecule has 0 aliphatic carbocycles. The van der Waals surface area contributed by atoms with Crippen LogP contribution in [0, 0.1) is 0 Å². The lowest BCUT2D eigenvalue weighted by molar-refractivity contribution is 0.0746. The highest BCUT2D eigenvalue weighted by Crippen LogP contribution is 2.32. The van der Waals surface area contributed by atoms with Crippen molar-refractivity contribution in [1.82, 2.24) is 9.80 Å². The van der Waals surface area contributed by atoms with Gasteiger partial charge in [0.2, 0.25) is 0 Å². The van der Waals surface area contributed by atoms with Crippen LogP contribution in [0.1, 0.15) is 18.5 Å². The maximum Gasteiger partial charge on any atom is 0.161 e. The Bertz CT molecular complexity index is 445. The maximum absolute atomic E-state index is 9.81. The monoisotopic (exact) mass is 294 g/mol. The largest absolute Gasteiger partial charge is 0.493 e. The van der Waals surface area contributed by atoms with Gasteiger partial charge in [-0.25, -0.2) is 0 Å². The van der Waals surface area contributed by atoms with Gasteiger partial charge in [-0.05, 0) is 31.7 Å². The van der Waals surface area contributed by atoms with E-state index in [1.165, 1.54) is 0 Å². The Morgan fingerprint density at radius 3 is 2.48 bits per heavy atom. The van der Waals surface area contributed by atoms with E-state index in [2.05, 4.69) is 16.8 Å². The summed E-state index contributed by atoms with van der Waals surface area (Å²) in [7, 11) is 3.77. The van der Waals surface area contributed by atoms with E-state index in [1.54, 1.807) is 7.11 Å². The summed E-state index contributed by atoms with van der Waals surface area (Å²) >= 11 is 0. The Balaban J connectivity index is 2.17. The summed E-state index contributed by atoms with van der Waals surface area (Å²) in [6.07, 6.45) is 0. The van der Waals surface area contributed by atoms with E-state index >= 15 is 0 Å². The van der Waals surface area contributed by atoms with Crippen molar-refractivity contribution >= 4 is 0 Å². The maximum atomic E-state index is 9.81. The van der Waals surface area contributed by atoms with E-state index in [0.717, 1.165) is 43.2 Å². The predicted octanol–water partition coefficient (Wildman–Crippen LogP) is 1.37. The number of aliphatic hydroxyl groups is 1. The molecule has 1 aliphatic rings. The zero-order valence-electron chi connectivity index (χ0n) is 13.2. The van der Waals surface area contributed by atoms with Crippen LogP contribution in [-0.4, -0.2) is 68.5 Å². The summed E-state index contributed by atoms with van der Waals surface area (Å²) in [5, 5.41) is 9.81. The van der Waals surface area contributed by atoms with E-state index in [4.69, 9.17) is 9.47 Å². The molecule has 1 fully saturated rings. The van der Waals surface area contributed by atoms with E-state index in [9.17, 15) is 5.11 Å². The average molecular weight is 294 g/mol. The van der Waals surface area contributed by atoms with Crippen LogP contribution in [0.5, 0.6) is 11.5 Å². The summed E-state index contributed by atoms with van der Waals surface area (Å²) in [6.45, 7) is 6.68. The molecular formula is C16H26N2O3. The fourth-order valence-corrected chi connectivity index (χ4v) is 2.73. The Hall–Kier alpha value is -1.30. The first-order valence-corrected chi connectivity index (χ1v) is 7.53. The molecule has 0 spiro atoms. The molecule has 5 nitrogen and oxygen atoms in total. The third-order valence-electron chi connectivity index (χ3n) is 4.02. The lowest BCUT2D eigenvalue weighted by atomic mass is 10.0. The fraction of sp³-hybridized carbons (Fsp3) is 0.625. The van der Waals surface area contributed by atoms with E-state index in [1.807, 2.05) is 25.1 Å². The molecule has 1 aliphatic heterocycles. The molecule has 2 rings (SSSR count). The second-order valence-electron chi connectivity index (χ2n) is 5.38. The van der Waals surface area contributed by atoms with Gasteiger partial charge in [-0.1, -0.05) is 6.07 Å². The standard InChI is InChI=1S/C16H26N2O3/c1-4-21-15-6-5-13(11-16(15)20-3)14(12-19)18-9-7-17(2)8-10-18/h5-6,11,14,19H,4,7-10,12H2,1-3H3. The second-order valence-corrected chi connectivity index (χ2v) is 5.38. The Morgan fingerprint density at radius 2 is 1.90 bits per heavy atom. The smallest absolute Gasteiger partial charge is 0.161 e. The van der Waals surface area contributed by atoms with Crippen molar-refractivity contribution in [1.29, 1.82) is 0 Å². The van der Waals surface area contributed by atoms with Crippen LogP contribution in [0.3, 0.4) is 0 Å². The minimum atomic E-state index is 0.0169. The van der Waals surface area contributed by atoms with Crippen molar-refractivity contribution in [2.24, 2.45) is 0 Å². The summed E-state index contributed by atoms with van der Waals surface area (Å²) in [5.41, 5.74) is 1.07. The number of piperazine rings is 1. The summed E-state index contributed by atoms with van der Waals surface area (Å²) in [4.78, 5) is 4.64. The summed E-state index contributed by atoms with van der Waals surface area (Å²) < 4.78 is 11.0. The topological polar surface area (TPSA) is 45.2 Å². The molecule has 1 heterocycles. The van der Waals surface area contributed by atoms with Gasteiger partial charge in [0.25, 0.3) is 0 Å². The Kier molecular flexibility index (Phi) is 5.85. The van der Waals surface area contributed by atoms with E-state index in [-0.39, 0.29) is 12.6 Å². The Labute approximate surface area is 127 Å². The molecule has 1 aromatic carbocycles. The molecule has 0 aromatic heterocycles. The SMILES string of the molecule is CCOc1ccc(C(CO)N2CCN(C)CC2)cc1OC. The van der Waals surface area contributed by atoms with Gasteiger partial charge in [-0.2, -0.15) is 0 Å². The predicted molar refractivity (Wildman–Crippen MR) is 83.1 cm³/mol. The minimum absolute atomic E-state index is 0.0169. The summed E-state index contributed by atoms with van der Waals surface area (Å²) in [5.74, 6) is 1.47. The molecular weight excluding hydrogens is 268 g/mol. The van der Waals surface area contributed by atoms with Gasteiger partial charge in [0, 0.05) is 26.2 Å². The van der Waals surface area contributed by atoms with Crippen LogP contribution >= 0.6 is 0 Å². The lowest BCUT2D eigenvalue weighted by Gasteiger charge is -2.37. The van der Waals surface area contributed by atoms with Gasteiger partial charge in [-0.15, -0.1) is 0 Å². The van der Waals surface area contributed by atoms with Crippen LogP contribution in [-0.2, 0) is 0 Å². The normalized spacial score (nSPS) is 18.5. The molecule has 0 bridgehead atoms. The van der Waals surface area contributed by atoms with Gasteiger partial charge in [-0.3, -0.25) is 4.90 Å². The molecule has 21 heavy (non-hydrogen) atoms. The lowest BCUT2D eigenvalue weighted by Crippen LogP contribution is -2.46. The van der Waals surface area contributed by atoms with Crippen molar-refractivity contribution in [3.05, 3.63) is 23.8 Å². The third-order valence-corrected chi connectivity index (χ3v) is 4.02. The van der Waals surface area contributed by atoms with Crippen LogP contribution < -0.4 is 9.47 Å². The fourth-order valence-electron chi connectivity index (χ4n) is 2.73. The third kappa shape index (κ3) is 3.87. The highest BCUT2D eigenvalue weighted by molar-refractivity contribution is 5.44. The molecule has 5 heteroatoms. The molecule has 0 amide bonds. The first-order valence-electron chi connectivity index (χ1n) is 7.53. The minimum Gasteiger partial charge on any atom is -0.493 e. The van der Waals surface area contributed by atoms with Crippen molar-refractivity contribution in [3.8, 4) is 11.5 Å². The van der Waals surface area contributed by atoms with Gasteiger partial charge >= 0.3 is 0 Å². The van der Waals surface area contributed by atoms with E-state index in [0.29, 0.717) is 6.61 Å². The van der Waals surface area contributed by atoms with Crippen molar-refractivity contribution in [2.75, 3.05) is 53.6 Å². The number of methoxy groups -OCH3 is 1. The number of nitrogens with zero attached hydrogens (tertiary/aromatic N) is 2. The van der Waals surface area contributed by atoms with Gasteiger partial charge in [0.15, 0.2) is 11.5 Å². The van der Waals surface area contributed by atoms with Crippen LogP contribution in [0.25, 0.3) is 0 Å². The average Bonchev–Trinajstić information content (AvgIpc) is 2.51. The first kappa shape index (κ1) is 16.1. The molecule has 0 radical (unpaired) electrons. The molecule has 118 valence electrons. The van der Waals surface area contributed by atoms with Crippen LogP contribution in [0.15, 0.2) is 18.2 Å². The number of aliphatic hydroxyl groups excluding tert-OH is 1. The number of hydrogen-bond donors (Lipinski definition) is 1. The second kappa shape index (κ2) is 7.64. The van der Waals surface area contributed by atoms with Gasteiger partial charge < -0.3 is 19.5 Å². The molecule has 1 atom stereocenters. The molecule has 1 aromatic rings. The molecule has 1 saturated heterocycles. The Morgan fingerprint density at radius 1 is 1.19 bits per heavy atom. The zero-order valence-corrected chi connectivity index (χ0v) is 13.2. The van der Waals surface area contributed by atoms with Crippen molar-refractivity contribution < 1.29 is 14.6 Å². The summed E-state index contributed by atoms with van der Waals surface area (Å²) in [6, 6.07) is 5.94. The molecule has 1 N–H and O–H groups in total. The van der Waals surface area contributed by atoms with Gasteiger partial charge in [0.05, 0.1) is 26.4 Å². The number of hydrogen-bond acceptors (Lipinski definition) is 5. The number of rotatable bonds is 6. The first-order chi connectivity index (χ1) is 10.2. The highest BCUT2D eigenvalue weighted by Gasteiger charge is 2.24. The highest BCUT2D eigenvalue weighted by atomic mass is 16.5. The van der Waals surface area contributed by atoms with Crippen LogP contribution in [0.2, 0.25) is 0 Å². The van der Waals surface area contributed by atoms with Gasteiger partial charge in [0.1, 0.15) is 0 Å². The van der Waals surface area contributed by atoms with E-state index < -0.39 is 0 Å².